The molecule has 8 aromatic rings. The Bertz CT molecular complexity index is 2200. The molecule has 2 heterocycles. The van der Waals surface area contributed by atoms with E-state index < -0.39 is 0 Å². The molecule has 6 aromatic carbocycles. The summed E-state index contributed by atoms with van der Waals surface area (Å²) in [6.45, 7) is 0. The van der Waals surface area contributed by atoms with Gasteiger partial charge in [-0.1, -0.05) is 140 Å². The third-order valence-corrected chi connectivity index (χ3v) is 8.05. The fraction of sp³-hybridized carbons (Fsp3) is 0. The monoisotopic (exact) mass is 561 g/mol. The lowest BCUT2D eigenvalue weighted by atomic mass is 9.94. The van der Waals surface area contributed by atoms with Gasteiger partial charge in [0.2, 0.25) is 0 Å². The van der Waals surface area contributed by atoms with Gasteiger partial charge in [-0.2, -0.15) is 0 Å². The van der Waals surface area contributed by atoms with Crippen molar-refractivity contribution in [1.82, 2.24) is 15.0 Å². The summed E-state index contributed by atoms with van der Waals surface area (Å²) >= 11 is 0. The van der Waals surface area contributed by atoms with Crippen LogP contribution in [0.2, 0.25) is 0 Å². The van der Waals surface area contributed by atoms with Crippen LogP contribution in [0.5, 0.6) is 0 Å². The fourth-order valence-electron chi connectivity index (χ4n) is 5.90. The van der Waals surface area contributed by atoms with Crippen LogP contribution in [0.4, 0.5) is 0 Å². The first-order chi connectivity index (χ1) is 21.8. The second kappa shape index (κ2) is 11.0. The Labute approximate surface area is 256 Å². The van der Waals surface area contributed by atoms with Gasteiger partial charge in [0, 0.05) is 33.2 Å². The Balaban J connectivity index is 1.29. The fourth-order valence-corrected chi connectivity index (χ4v) is 5.90. The first-order valence-corrected chi connectivity index (χ1v) is 14.8. The van der Waals surface area contributed by atoms with Gasteiger partial charge in [-0.05, 0) is 40.6 Å². The molecule has 3 nitrogen and oxygen atoms in total. The lowest BCUT2D eigenvalue weighted by Crippen LogP contribution is -1.96. The molecule has 0 aliphatic heterocycles. The van der Waals surface area contributed by atoms with Gasteiger partial charge in [0.25, 0.3) is 0 Å². The summed E-state index contributed by atoms with van der Waals surface area (Å²) in [5, 5.41) is 3.54. The highest BCUT2D eigenvalue weighted by Crippen LogP contribution is 2.37. The lowest BCUT2D eigenvalue weighted by Gasteiger charge is -2.13. The highest BCUT2D eigenvalue weighted by Gasteiger charge is 2.14. The maximum atomic E-state index is 5.30. The van der Waals surface area contributed by atoms with Gasteiger partial charge in [0.15, 0.2) is 5.82 Å². The smallest absolute Gasteiger partial charge is 0.160 e. The minimum atomic E-state index is 0.704. The van der Waals surface area contributed by atoms with Crippen LogP contribution >= 0.6 is 0 Å². The SMILES string of the molecule is c1ccc(-c2cc(-c3cccc(-c4ccc5cc6ccccc6c(-c6ccccc6)c5n4)c3)nc(-c3ccccc3)n2)cc1. The Morgan fingerprint density at radius 1 is 0.318 bits per heavy atom. The molecule has 0 aliphatic rings. The van der Waals surface area contributed by atoms with Crippen molar-refractivity contribution in [3.8, 4) is 56.3 Å². The van der Waals surface area contributed by atoms with Crippen LogP contribution in [0.15, 0.2) is 164 Å². The van der Waals surface area contributed by atoms with Crippen LogP contribution in [-0.4, -0.2) is 15.0 Å². The highest BCUT2D eigenvalue weighted by atomic mass is 14.9. The number of hydrogen-bond donors (Lipinski definition) is 0. The molecule has 3 heteroatoms. The molecule has 206 valence electrons. The molecule has 0 bridgehead atoms. The van der Waals surface area contributed by atoms with Crippen molar-refractivity contribution in [2.45, 2.75) is 0 Å². The molecule has 0 amide bonds. The molecule has 44 heavy (non-hydrogen) atoms. The van der Waals surface area contributed by atoms with E-state index in [0.29, 0.717) is 5.82 Å². The third kappa shape index (κ3) is 4.81. The Morgan fingerprint density at radius 3 is 1.61 bits per heavy atom. The van der Waals surface area contributed by atoms with Crippen molar-refractivity contribution in [3.05, 3.63) is 164 Å². The number of fused-ring (bicyclic) bond motifs is 2. The molecule has 0 unspecified atom stereocenters. The second-order valence-electron chi connectivity index (χ2n) is 10.9. The third-order valence-electron chi connectivity index (χ3n) is 8.05. The summed E-state index contributed by atoms with van der Waals surface area (Å²) in [5.41, 5.74) is 10.1. The standard InChI is InChI=1S/C41H27N3/c1-4-13-28(14-5-1)37-27-38(44-41(43-37)30-17-8-3-9-18-30)33-21-12-20-32(26-33)36-24-23-34-25-31-19-10-11-22-35(31)39(40(34)42-36)29-15-6-2-7-16-29/h1-27H. The molecule has 0 N–H and O–H groups in total. The molecule has 0 saturated heterocycles. The number of rotatable bonds is 5. The predicted octanol–water partition coefficient (Wildman–Crippen LogP) is 10.5. The van der Waals surface area contributed by atoms with Crippen molar-refractivity contribution < 1.29 is 0 Å². The van der Waals surface area contributed by atoms with Gasteiger partial charge >= 0.3 is 0 Å². The van der Waals surface area contributed by atoms with E-state index in [1.54, 1.807) is 0 Å². The molecule has 0 atom stereocenters. The molecule has 0 fully saturated rings. The first kappa shape index (κ1) is 25.8. The molecule has 2 aromatic heterocycles. The zero-order chi connectivity index (χ0) is 29.3. The minimum absolute atomic E-state index is 0.704. The van der Waals surface area contributed by atoms with Gasteiger partial charge in [0.1, 0.15) is 0 Å². The van der Waals surface area contributed by atoms with Gasteiger partial charge in [-0.25, -0.2) is 15.0 Å². The molecule has 0 spiro atoms. The van der Waals surface area contributed by atoms with Gasteiger partial charge in [-0.3, -0.25) is 0 Å². The topological polar surface area (TPSA) is 38.7 Å². The van der Waals surface area contributed by atoms with Crippen molar-refractivity contribution in [2.75, 3.05) is 0 Å². The minimum Gasteiger partial charge on any atom is -0.247 e. The lowest BCUT2D eigenvalue weighted by molar-refractivity contribution is 1.18. The molecule has 8 rings (SSSR count). The molecular formula is C41H27N3. The second-order valence-corrected chi connectivity index (χ2v) is 10.9. The number of pyridine rings is 1. The van der Waals surface area contributed by atoms with E-state index in [4.69, 9.17) is 15.0 Å². The number of aromatic nitrogens is 3. The summed E-state index contributed by atoms with van der Waals surface area (Å²) in [6, 6.07) is 56.7. The summed E-state index contributed by atoms with van der Waals surface area (Å²) in [5.74, 6) is 0.704. The van der Waals surface area contributed by atoms with Gasteiger partial charge < -0.3 is 0 Å². The van der Waals surface area contributed by atoms with E-state index in [1.165, 1.54) is 10.8 Å². The van der Waals surface area contributed by atoms with Crippen molar-refractivity contribution >= 4 is 21.7 Å². The molecule has 0 radical (unpaired) electrons. The van der Waals surface area contributed by atoms with E-state index >= 15 is 0 Å². The van der Waals surface area contributed by atoms with Gasteiger partial charge in [-0.15, -0.1) is 0 Å². The van der Waals surface area contributed by atoms with Crippen molar-refractivity contribution in [3.63, 3.8) is 0 Å². The molecule has 0 saturated carbocycles. The summed E-state index contributed by atoms with van der Waals surface area (Å²) < 4.78 is 0. The van der Waals surface area contributed by atoms with E-state index in [1.807, 2.05) is 36.4 Å². The zero-order valence-corrected chi connectivity index (χ0v) is 23.9. The zero-order valence-electron chi connectivity index (χ0n) is 23.9. The average molecular weight is 562 g/mol. The van der Waals surface area contributed by atoms with Crippen LogP contribution in [0, 0.1) is 0 Å². The quantitative estimate of drug-likeness (QED) is 0.196. The van der Waals surface area contributed by atoms with Crippen LogP contribution in [0.25, 0.3) is 78.0 Å². The summed E-state index contributed by atoms with van der Waals surface area (Å²) in [6.07, 6.45) is 0. The Morgan fingerprint density at radius 2 is 0.886 bits per heavy atom. The van der Waals surface area contributed by atoms with Crippen molar-refractivity contribution in [2.24, 2.45) is 0 Å². The Kier molecular flexibility index (Phi) is 6.47. The first-order valence-electron chi connectivity index (χ1n) is 14.8. The molecule has 0 aliphatic carbocycles. The summed E-state index contributed by atoms with van der Waals surface area (Å²) in [4.78, 5) is 15.3. The molecular weight excluding hydrogens is 534 g/mol. The summed E-state index contributed by atoms with van der Waals surface area (Å²) in [7, 11) is 0. The number of benzene rings is 6. The van der Waals surface area contributed by atoms with Gasteiger partial charge in [0.05, 0.1) is 22.6 Å². The van der Waals surface area contributed by atoms with Crippen molar-refractivity contribution in [1.29, 1.82) is 0 Å². The maximum Gasteiger partial charge on any atom is 0.160 e. The number of nitrogens with zero attached hydrogens (tertiary/aromatic N) is 3. The van der Waals surface area contributed by atoms with Crippen LogP contribution < -0.4 is 0 Å². The van der Waals surface area contributed by atoms with E-state index in [0.717, 1.165) is 61.4 Å². The van der Waals surface area contributed by atoms with Crippen LogP contribution in [0.3, 0.4) is 0 Å². The Hall–Kier alpha value is -5.93. The largest absolute Gasteiger partial charge is 0.247 e. The number of hydrogen-bond acceptors (Lipinski definition) is 3. The van der Waals surface area contributed by atoms with Crippen LogP contribution in [-0.2, 0) is 0 Å². The van der Waals surface area contributed by atoms with Crippen LogP contribution in [0.1, 0.15) is 0 Å². The predicted molar refractivity (Wildman–Crippen MR) is 182 cm³/mol. The normalized spacial score (nSPS) is 11.2. The highest BCUT2D eigenvalue weighted by molar-refractivity contribution is 6.11. The maximum absolute atomic E-state index is 5.30. The van der Waals surface area contributed by atoms with E-state index in [-0.39, 0.29) is 0 Å². The van der Waals surface area contributed by atoms with E-state index in [2.05, 4.69) is 127 Å². The average Bonchev–Trinajstić information content (AvgIpc) is 3.11. The van der Waals surface area contributed by atoms with E-state index in [9.17, 15) is 0 Å².